The molecule has 3 rings (SSSR count). The molecule has 28 heavy (non-hydrogen) atoms. The largest absolute Gasteiger partial charge is 0.379 e. The van der Waals surface area contributed by atoms with Gasteiger partial charge in [0.2, 0.25) is 5.96 Å². The van der Waals surface area contributed by atoms with E-state index in [9.17, 15) is 9.18 Å². The lowest BCUT2D eigenvalue weighted by molar-refractivity contribution is 0.0394. The molecule has 0 unspecified atom stereocenters. The number of aryl methyl sites for hydroxylation is 1. The third-order valence-corrected chi connectivity index (χ3v) is 4.39. The van der Waals surface area contributed by atoms with Gasteiger partial charge in [-0.1, -0.05) is 23.8 Å². The molecule has 1 heterocycles. The van der Waals surface area contributed by atoms with Crippen molar-refractivity contribution < 1.29 is 13.9 Å². The summed E-state index contributed by atoms with van der Waals surface area (Å²) in [6.45, 7) is 6.39. The Bertz CT molecular complexity index is 835. The monoisotopic (exact) mass is 384 g/mol. The number of aliphatic imine (C=N–C) groups is 1. The molecule has 0 aliphatic carbocycles. The molecule has 2 N–H and O–H groups in total. The summed E-state index contributed by atoms with van der Waals surface area (Å²) in [5.74, 6) is -0.328. The molecule has 0 saturated carbocycles. The molecule has 1 fully saturated rings. The van der Waals surface area contributed by atoms with Crippen LogP contribution in [0.3, 0.4) is 0 Å². The zero-order chi connectivity index (χ0) is 19.8. The third-order valence-electron chi connectivity index (χ3n) is 4.39. The maximum Gasteiger partial charge on any atom is 0.257 e. The number of rotatable bonds is 5. The number of anilines is 1. The Morgan fingerprint density at radius 2 is 1.96 bits per heavy atom. The van der Waals surface area contributed by atoms with E-state index >= 15 is 0 Å². The van der Waals surface area contributed by atoms with Gasteiger partial charge in [0.05, 0.1) is 19.8 Å². The number of carbonyl (C=O) groups excluding carboxylic acids is 1. The van der Waals surface area contributed by atoms with Crippen LogP contribution in [-0.4, -0.2) is 56.2 Å². The van der Waals surface area contributed by atoms with Gasteiger partial charge in [0.15, 0.2) is 0 Å². The summed E-state index contributed by atoms with van der Waals surface area (Å²) >= 11 is 0. The molecule has 2 aromatic rings. The molecule has 0 aromatic heterocycles. The average Bonchev–Trinajstić information content (AvgIpc) is 2.69. The summed E-state index contributed by atoms with van der Waals surface area (Å²) in [6.07, 6.45) is 0. The molecule has 0 radical (unpaired) electrons. The smallest absolute Gasteiger partial charge is 0.257 e. The van der Waals surface area contributed by atoms with Crippen molar-refractivity contribution in [3.63, 3.8) is 0 Å². The van der Waals surface area contributed by atoms with E-state index in [4.69, 9.17) is 4.74 Å². The Kier molecular flexibility index (Phi) is 7.11. The van der Waals surface area contributed by atoms with Gasteiger partial charge in [-0.15, -0.1) is 0 Å². The number of nitrogens with one attached hydrogen (secondary N) is 2. The molecule has 2 aromatic carbocycles. The summed E-state index contributed by atoms with van der Waals surface area (Å²) < 4.78 is 18.8. The predicted molar refractivity (Wildman–Crippen MR) is 108 cm³/mol. The molecule has 0 atom stereocenters. The molecule has 148 valence electrons. The number of hydrogen-bond acceptors (Lipinski definition) is 4. The number of nitrogens with zero attached hydrogens (tertiary/aromatic N) is 2. The molecule has 1 aliphatic rings. The number of ether oxygens (including phenoxy) is 1. The molecule has 7 heteroatoms. The highest BCUT2D eigenvalue weighted by molar-refractivity contribution is 6.10. The number of morpholine rings is 1. The second-order valence-corrected chi connectivity index (χ2v) is 6.64. The first-order chi connectivity index (χ1) is 13.6. The second-order valence-electron chi connectivity index (χ2n) is 6.64. The third kappa shape index (κ3) is 6.14. The fourth-order valence-electron chi connectivity index (χ4n) is 2.91. The second kappa shape index (κ2) is 9.96. The van der Waals surface area contributed by atoms with Gasteiger partial charge in [-0.25, -0.2) is 4.39 Å². The van der Waals surface area contributed by atoms with Gasteiger partial charge in [-0.05, 0) is 37.3 Å². The summed E-state index contributed by atoms with van der Waals surface area (Å²) in [6, 6.07) is 13.4. The van der Waals surface area contributed by atoms with Crippen LogP contribution in [0.15, 0.2) is 53.5 Å². The minimum absolute atomic E-state index is 0.266. The van der Waals surface area contributed by atoms with E-state index in [1.165, 1.54) is 12.1 Å². The Morgan fingerprint density at radius 3 is 2.71 bits per heavy atom. The van der Waals surface area contributed by atoms with Gasteiger partial charge in [0, 0.05) is 30.9 Å². The van der Waals surface area contributed by atoms with Gasteiger partial charge < -0.3 is 10.1 Å². The SMILES string of the molecule is Cc1cccc(C(=O)NC(=NCCN2CCOCC2)Nc2cccc(F)c2)c1. The van der Waals surface area contributed by atoms with E-state index in [2.05, 4.69) is 20.5 Å². The van der Waals surface area contributed by atoms with E-state index in [1.54, 1.807) is 18.2 Å². The van der Waals surface area contributed by atoms with Crippen LogP contribution in [0.4, 0.5) is 10.1 Å². The first kappa shape index (κ1) is 20.0. The molecule has 1 aliphatic heterocycles. The average molecular weight is 384 g/mol. The lowest BCUT2D eigenvalue weighted by Crippen LogP contribution is -2.39. The van der Waals surface area contributed by atoms with Gasteiger partial charge in [-0.3, -0.25) is 20.0 Å². The predicted octanol–water partition coefficient (Wildman–Crippen LogP) is 2.66. The van der Waals surface area contributed by atoms with Crippen molar-refractivity contribution >= 4 is 17.6 Å². The van der Waals surface area contributed by atoms with Crippen molar-refractivity contribution in [3.05, 3.63) is 65.5 Å². The maximum atomic E-state index is 13.5. The number of benzene rings is 2. The number of hydrogen-bond donors (Lipinski definition) is 2. The molecule has 0 bridgehead atoms. The van der Waals surface area contributed by atoms with E-state index in [-0.39, 0.29) is 11.7 Å². The molecular weight excluding hydrogens is 359 g/mol. The van der Waals surface area contributed by atoms with Crippen molar-refractivity contribution in [1.82, 2.24) is 10.2 Å². The summed E-state index contributed by atoms with van der Waals surface area (Å²) in [4.78, 5) is 19.4. The fraction of sp³-hybridized carbons (Fsp3) is 0.333. The number of guanidine groups is 1. The van der Waals surface area contributed by atoms with Gasteiger partial charge in [0.25, 0.3) is 5.91 Å². The van der Waals surface area contributed by atoms with Crippen LogP contribution in [0.1, 0.15) is 15.9 Å². The van der Waals surface area contributed by atoms with E-state index < -0.39 is 0 Å². The van der Waals surface area contributed by atoms with Crippen molar-refractivity contribution in [2.45, 2.75) is 6.92 Å². The van der Waals surface area contributed by atoms with Gasteiger partial charge in [0.1, 0.15) is 5.82 Å². The molecule has 6 nitrogen and oxygen atoms in total. The lowest BCUT2D eigenvalue weighted by atomic mass is 10.1. The normalized spacial score (nSPS) is 15.3. The zero-order valence-corrected chi connectivity index (χ0v) is 16.0. The van der Waals surface area contributed by atoms with Crippen molar-refractivity contribution in [1.29, 1.82) is 0 Å². The van der Waals surface area contributed by atoms with Crippen LogP contribution in [0, 0.1) is 12.7 Å². The Hall–Kier alpha value is -2.77. The number of amides is 1. The number of carbonyl (C=O) groups is 1. The van der Waals surface area contributed by atoms with Crippen LogP contribution >= 0.6 is 0 Å². The minimum Gasteiger partial charge on any atom is -0.379 e. The van der Waals surface area contributed by atoms with Crippen molar-refractivity contribution in [3.8, 4) is 0 Å². The highest BCUT2D eigenvalue weighted by Gasteiger charge is 2.12. The Morgan fingerprint density at radius 1 is 1.18 bits per heavy atom. The van der Waals surface area contributed by atoms with E-state index in [0.29, 0.717) is 23.8 Å². The maximum absolute atomic E-state index is 13.5. The molecule has 0 spiro atoms. The first-order valence-corrected chi connectivity index (χ1v) is 9.35. The summed E-state index contributed by atoms with van der Waals surface area (Å²) in [7, 11) is 0. The quantitative estimate of drug-likeness (QED) is 0.615. The van der Waals surface area contributed by atoms with Crippen LogP contribution in [0.2, 0.25) is 0 Å². The molecular formula is C21H25FN4O2. The molecule has 1 amide bonds. The van der Waals surface area contributed by atoms with Gasteiger partial charge >= 0.3 is 0 Å². The molecule has 1 saturated heterocycles. The summed E-state index contributed by atoms with van der Waals surface area (Å²) in [5, 5.41) is 5.81. The van der Waals surface area contributed by atoms with Crippen molar-refractivity contribution in [2.24, 2.45) is 4.99 Å². The highest BCUT2D eigenvalue weighted by atomic mass is 19.1. The topological polar surface area (TPSA) is 66.0 Å². The van der Waals surface area contributed by atoms with Crippen LogP contribution in [0.25, 0.3) is 0 Å². The van der Waals surface area contributed by atoms with Gasteiger partial charge in [-0.2, -0.15) is 0 Å². The zero-order valence-electron chi connectivity index (χ0n) is 16.0. The Labute approximate surface area is 164 Å². The minimum atomic E-state index is -0.359. The van der Waals surface area contributed by atoms with Crippen LogP contribution < -0.4 is 10.6 Å². The lowest BCUT2D eigenvalue weighted by Gasteiger charge is -2.25. The first-order valence-electron chi connectivity index (χ1n) is 9.35. The highest BCUT2D eigenvalue weighted by Crippen LogP contribution is 2.09. The van der Waals surface area contributed by atoms with Crippen LogP contribution in [-0.2, 0) is 4.74 Å². The standard InChI is InChI=1S/C21H25FN4O2/c1-16-4-2-5-17(14-16)20(27)25-21(24-19-7-3-6-18(22)15-19)23-8-9-26-10-12-28-13-11-26/h2-7,14-15H,8-13H2,1H3,(H2,23,24,25,27). The van der Waals surface area contributed by atoms with Crippen LogP contribution in [0.5, 0.6) is 0 Å². The fourth-order valence-corrected chi connectivity index (χ4v) is 2.91. The van der Waals surface area contributed by atoms with E-state index in [1.807, 2.05) is 25.1 Å². The summed E-state index contributed by atoms with van der Waals surface area (Å²) in [5.41, 5.74) is 2.06. The van der Waals surface area contributed by atoms with E-state index in [0.717, 1.165) is 38.4 Å². The van der Waals surface area contributed by atoms with Crippen molar-refractivity contribution in [2.75, 3.05) is 44.7 Å². The Balaban J connectivity index is 1.69. The number of halogens is 1.